The number of benzene rings is 1. The van der Waals surface area contributed by atoms with Gasteiger partial charge in [0.2, 0.25) is 5.82 Å². The maximum Gasteiger partial charge on any atom is 0.410 e. The van der Waals surface area contributed by atoms with E-state index in [1.165, 1.54) is 18.3 Å². The molecular weight excluding hydrogens is 394 g/mol. The predicted octanol–water partition coefficient (Wildman–Crippen LogP) is 3.94. The number of carbonyl (C=O) groups excluding carboxylic acids is 1. The maximum absolute atomic E-state index is 13.8. The molecule has 0 radical (unpaired) electrons. The smallest absolute Gasteiger partial charge is 0.410 e. The molecular formula is C21H22F2N4O3. The molecule has 7 nitrogen and oxygen atoms in total. The summed E-state index contributed by atoms with van der Waals surface area (Å²) in [5, 5.41) is 13.9. The van der Waals surface area contributed by atoms with E-state index in [2.05, 4.69) is 11.2 Å². The van der Waals surface area contributed by atoms with Crippen LogP contribution < -0.4 is 4.74 Å². The van der Waals surface area contributed by atoms with Crippen LogP contribution in [0.1, 0.15) is 49.9 Å². The van der Waals surface area contributed by atoms with E-state index < -0.39 is 11.6 Å². The van der Waals surface area contributed by atoms with Gasteiger partial charge in [-0.3, -0.25) is 4.68 Å². The van der Waals surface area contributed by atoms with Gasteiger partial charge >= 0.3 is 6.09 Å². The molecule has 1 aromatic carbocycles. The van der Waals surface area contributed by atoms with E-state index >= 15 is 0 Å². The third-order valence-corrected chi connectivity index (χ3v) is 5.63. The van der Waals surface area contributed by atoms with E-state index in [-0.39, 0.29) is 30.1 Å². The van der Waals surface area contributed by atoms with Gasteiger partial charge in [-0.2, -0.15) is 14.8 Å². The molecule has 1 saturated carbocycles. The Balaban J connectivity index is 1.38. The maximum atomic E-state index is 13.8. The zero-order chi connectivity index (χ0) is 21.3. The van der Waals surface area contributed by atoms with Crippen LogP contribution in [-0.4, -0.2) is 39.5 Å². The molecule has 2 aliphatic rings. The number of halogens is 2. The molecule has 0 unspecified atom stereocenters. The first-order valence-corrected chi connectivity index (χ1v) is 9.91. The van der Waals surface area contributed by atoms with Crippen molar-refractivity contribution in [2.45, 2.75) is 50.9 Å². The first-order chi connectivity index (χ1) is 14.4. The standard InChI is InChI=1S/C21H22F2N4O3/c1-21(7-8-21)30-20(28)26-9-5-15(6-10-26)27-17(11-24)14(12-25-27)13-29-18-4-2-3-16(22)19(18)23/h2-4,12,15H,5-10,13H2,1H3. The van der Waals surface area contributed by atoms with Crippen molar-refractivity contribution in [1.29, 1.82) is 5.26 Å². The highest BCUT2D eigenvalue weighted by Crippen LogP contribution is 2.39. The summed E-state index contributed by atoms with van der Waals surface area (Å²) in [5.41, 5.74) is 0.503. The lowest BCUT2D eigenvalue weighted by atomic mass is 10.1. The van der Waals surface area contributed by atoms with E-state index in [9.17, 15) is 18.8 Å². The Morgan fingerprint density at radius 1 is 1.33 bits per heavy atom. The van der Waals surface area contributed by atoms with Gasteiger partial charge in [-0.15, -0.1) is 0 Å². The number of aromatic nitrogens is 2. The van der Waals surface area contributed by atoms with Gasteiger partial charge in [0.15, 0.2) is 11.6 Å². The van der Waals surface area contributed by atoms with Gasteiger partial charge in [0.1, 0.15) is 24.0 Å². The fraction of sp³-hybridized carbons (Fsp3) is 0.476. The number of piperidine rings is 1. The number of ether oxygens (including phenoxy) is 2. The molecule has 2 heterocycles. The van der Waals surface area contributed by atoms with E-state index in [0.717, 1.165) is 18.9 Å². The van der Waals surface area contributed by atoms with Gasteiger partial charge in [-0.1, -0.05) is 6.07 Å². The second-order valence-electron chi connectivity index (χ2n) is 7.95. The van der Waals surface area contributed by atoms with Crippen molar-refractivity contribution in [2.75, 3.05) is 13.1 Å². The second kappa shape index (κ2) is 7.94. The molecule has 1 aliphatic carbocycles. The van der Waals surface area contributed by atoms with Gasteiger partial charge in [-0.05, 0) is 44.7 Å². The minimum absolute atomic E-state index is 0.0418. The molecule has 1 aliphatic heterocycles. The predicted molar refractivity (Wildman–Crippen MR) is 102 cm³/mol. The fourth-order valence-corrected chi connectivity index (χ4v) is 3.50. The number of amides is 1. The van der Waals surface area contributed by atoms with E-state index in [1.54, 1.807) is 9.58 Å². The van der Waals surface area contributed by atoms with Gasteiger partial charge in [0, 0.05) is 18.7 Å². The molecule has 1 saturated heterocycles. The number of hydrogen-bond donors (Lipinski definition) is 0. The monoisotopic (exact) mass is 416 g/mol. The lowest BCUT2D eigenvalue weighted by molar-refractivity contribution is 0.0489. The number of nitriles is 1. The Morgan fingerprint density at radius 3 is 2.73 bits per heavy atom. The number of rotatable bonds is 5. The molecule has 158 valence electrons. The normalized spacial score (nSPS) is 18.0. The summed E-state index contributed by atoms with van der Waals surface area (Å²) < 4.78 is 39.6. The Hall–Kier alpha value is -3.15. The van der Waals surface area contributed by atoms with Gasteiger partial charge < -0.3 is 14.4 Å². The molecule has 2 aromatic rings. The summed E-state index contributed by atoms with van der Waals surface area (Å²) in [6.45, 7) is 2.86. The molecule has 0 atom stereocenters. The summed E-state index contributed by atoms with van der Waals surface area (Å²) in [5.74, 6) is -2.28. The highest BCUT2D eigenvalue weighted by Gasteiger charge is 2.43. The van der Waals surface area contributed by atoms with Crippen molar-refractivity contribution in [3.8, 4) is 11.8 Å². The van der Waals surface area contributed by atoms with Crippen LogP contribution in [0.5, 0.6) is 5.75 Å². The molecule has 1 amide bonds. The molecule has 4 rings (SSSR count). The minimum atomic E-state index is -1.07. The average Bonchev–Trinajstić information content (AvgIpc) is 3.32. The Bertz CT molecular complexity index is 989. The van der Waals surface area contributed by atoms with Crippen LogP contribution in [0.2, 0.25) is 0 Å². The quantitative estimate of drug-likeness (QED) is 0.738. The zero-order valence-electron chi connectivity index (χ0n) is 16.6. The molecule has 2 fully saturated rings. The molecule has 0 spiro atoms. The number of likely N-dealkylation sites (tertiary alicyclic amines) is 1. The van der Waals surface area contributed by atoms with Crippen LogP contribution in [0, 0.1) is 23.0 Å². The van der Waals surface area contributed by atoms with Gasteiger partial charge in [0.25, 0.3) is 0 Å². The molecule has 0 bridgehead atoms. The summed E-state index contributed by atoms with van der Waals surface area (Å²) in [6.07, 6.45) is 4.30. The summed E-state index contributed by atoms with van der Waals surface area (Å²) >= 11 is 0. The highest BCUT2D eigenvalue weighted by atomic mass is 19.2. The van der Waals surface area contributed by atoms with Crippen LogP contribution in [0.4, 0.5) is 13.6 Å². The van der Waals surface area contributed by atoms with E-state index in [4.69, 9.17) is 9.47 Å². The summed E-state index contributed by atoms with van der Waals surface area (Å²) in [7, 11) is 0. The number of carbonyl (C=O) groups is 1. The Morgan fingerprint density at radius 2 is 2.07 bits per heavy atom. The van der Waals surface area contributed by atoms with Crippen LogP contribution in [0.3, 0.4) is 0 Å². The fourth-order valence-electron chi connectivity index (χ4n) is 3.50. The molecule has 1 aromatic heterocycles. The highest BCUT2D eigenvalue weighted by molar-refractivity contribution is 5.68. The topological polar surface area (TPSA) is 80.4 Å². The molecule has 0 N–H and O–H groups in total. The van der Waals surface area contributed by atoms with Crippen LogP contribution >= 0.6 is 0 Å². The first kappa shape index (κ1) is 20.1. The molecule has 9 heteroatoms. The molecule has 30 heavy (non-hydrogen) atoms. The van der Waals surface area contributed by atoms with Crippen LogP contribution in [-0.2, 0) is 11.3 Å². The first-order valence-electron chi connectivity index (χ1n) is 9.91. The third-order valence-electron chi connectivity index (χ3n) is 5.63. The number of nitrogens with zero attached hydrogens (tertiary/aromatic N) is 4. The third kappa shape index (κ3) is 4.08. The van der Waals surface area contributed by atoms with Crippen molar-refractivity contribution >= 4 is 6.09 Å². The van der Waals surface area contributed by atoms with Crippen molar-refractivity contribution in [2.24, 2.45) is 0 Å². The Labute approximate surface area is 172 Å². The van der Waals surface area contributed by atoms with Crippen molar-refractivity contribution < 1.29 is 23.0 Å². The zero-order valence-corrected chi connectivity index (χ0v) is 16.6. The lowest BCUT2D eigenvalue weighted by Crippen LogP contribution is -2.41. The lowest BCUT2D eigenvalue weighted by Gasteiger charge is -2.32. The van der Waals surface area contributed by atoms with Crippen molar-refractivity contribution in [3.05, 3.63) is 47.3 Å². The van der Waals surface area contributed by atoms with Crippen molar-refractivity contribution in [1.82, 2.24) is 14.7 Å². The van der Waals surface area contributed by atoms with Crippen LogP contribution in [0.15, 0.2) is 24.4 Å². The van der Waals surface area contributed by atoms with Crippen LogP contribution in [0.25, 0.3) is 0 Å². The van der Waals surface area contributed by atoms with E-state index in [0.29, 0.717) is 37.2 Å². The SMILES string of the molecule is CC1(OC(=O)N2CCC(n3ncc(COc4cccc(F)c4F)c3C#N)CC2)CC1. The average molecular weight is 416 g/mol. The number of hydrogen-bond acceptors (Lipinski definition) is 5. The van der Waals surface area contributed by atoms with Gasteiger partial charge in [-0.25, -0.2) is 9.18 Å². The Kier molecular flexibility index (Phi) is 5.33. The van der Waals surface area contributed by atoms with E-state index in [1.807, 2.05) is 6.92 Å². The van der Waals surface area contributed by atoms with Gasteiger partial charge in [0.05, 0.1) is 12.2 Å². The second-order valence-corrected chi connectivity index (χ2v) is 7.95. The van der Waals surface area contributed by atoms with Crippen molar-refractivity contribution in [3.63, 3.8) is 0 Å². The summed E-state index contributed by atoms with van der Waals surface area (Å²) in [6, 6.07) is 5.77. The summed E-state index contributed by atoms with van der Waals surface area (Å²) in [4.78, 5) is 13.9. The minimum Gasteiger partial charge on any atom is -0.486 e. The largest absolute Gasteiger partial charge is 0.486 e.